The molecule has 0 amide bonds. The highest BCUT2D eigenvalue weighted by Gasteiger charge is 2.27. The Morgan fingerprint density at radius 3 is 1.04 bits per heavy atom. The summed E-state index contributed by atoms with van der Waals surface area (Å²) in [6.45, 7) is 0. The van der Waals surface area contributed by atoms with Gasteiger partial charge >= 0.3 is 0 Å². The van der Waals surface area contributed by atoms with Gasteiger partial charge in [0, 0.05) is 27.1 Å². The summed E-state index contributed by atoms with van der Waals surface area (Å²) in [6, 6.07) is 103. The zero-order valence-corrected chi connectivity index (χ0v) is 45.3. The SMILES string of the molecule is N#Cc1cccc(-c2cccc(-n3c4ccc(-c5ccccc5)cc4c4cc(-c5ccccc5)ccc43)c2-c2nc(-c3ccccc3)nc(-c3c(C#N)cccc3-n3c4ccc(-c5ccccc5)cc4c4cc(-c5ccccc5)ccc43)n2)c1. The van der Waals surface area contributed by atoms with Gasteiger partial charge in [-0.25, -0.2) is 15.0 Å². The number of fused-ring (bicyclic) bond motifs is 6. The minimum Gasteiger partial charge on any atom is -0.308 e. The number of aromatic nitrogens is 5. The molecule has 84 heavy (non-hydrogen) atoms. The van der Waals surface area contributed by atoms with Gasteiger partial charge in [-0.1, -0.05) is 206 Å². The third kappa shape index (κ3) is 8.57. The van der Waals surface area contributed by atoms with Crippen LogP contribution < -0.4 is 0 Å². The number of nitrogens with zero attached hydrogens (tertiary/aromatic N) is 7. The molecule has 0 fully saturated rings. The lowest BCUT2D eigenvalue weighted by Crippen LogP contribution is -2.07. The molecule has 7 heteroatoms. The molecule has 0 atom stereocenters. The highest BCUT2D eigenvalue weighted by molar-refractivity contribution is 6.14. The summed E-state index contributed by atoms with van der Waals surface area (Å²) in [5.41, 5.74) is 19.0. The molecule has 390 valence electrons. The molecule has 0 aliphatic heterocycles. The lowest BCUT2D eigenvalue weighted by molar-refractivity contribution is 1.06. The Labute approximate surface area is 485 Å². The molecule has 0 aliphatic rings. The van der Waals surface area contributed by atoms with Crippen LogP contribution in [0.3, 0.4) is 0 Å². The Bertz CT molecular complexity index is 4940. The van der Waals surface area contributed by atoms with Crippen molar-refractivity contribution in [2.24, 2.45) is 0 Å². The van der Waals surface area contributed by atoms with Gasteiger partial charge in [-0.3, -0.25) is 0 Å². The molecule has 3 heterocycles. The number of hydrogen-bond acceptors (Lipinski definition) is 5. The molecule has 15 aromatic rings. The van der Waals surface area contributed by atoms with Gasteiger partial charge in [0.25, 0.3) is 0 Å². The van der Waals surface area contributed by atoms with Gasteiger partial charge in [0.05, 0.1) is 67.8 Å². The van der Waals surface area contributed by atoms with Crippen LogP contribution in [0, 0.1) is 22.7 Å². The monoisotopic (exact) mass is 1070 g/mol. The van der Waals surface area contributed by atoms with E-state index in [0.29, 0.717) is 34.2 Å². The summed E-state index contributed by atoms with van der Waals surface area (Å²) in [7, 11) is 0. The first-order valence-corrected chi connectivity index (χ1v) is 27.9. The van der Waals surface area contributed by atoms with Crippen molar-refractivity contribution < 1.29 is 0 Å². The van der Waals surface area contributed by atoms with E-state index in [2.05, 4.69) is 215 Å². The molecule has 0 bridgehead atoms. The number of nitriles is 2. The second kappa shape index (κ2) is 20.7. The van der Waals surface area contributed by atoms with Crippen molar-refractivity contribution in [1.82, 2.24) is 24.1 Å². The van der Waals surface area contributed by atoms with Gasteiger partial charge in [-0.05, 0) is 134 Å². The van der Waals surface area contributed by atoms with Crippen LogP contribution in [-0.4, -0.2) is 24.1 Å². The fourth-order valence-electron chi connectivity index (χ4n) is 12.1. The van der Waals surface area contributed by atoms with E-state index in [-0.39, 0.29) is 0 Å². The van der Waals surface area contributed by atoms with Crippen LogP contribution in [0.25, 0.3) is 145 Å². The lowest BCUT2D eigenvalue weighted by Gasteiger charge is -2.19. The van der Waals surface area contributed by atoms with Gasteiger partial charge in [0.1, 0.15) is 0 Å². The van der Waals surface area contributed by atoms with Crippen molar-refractivity contribution in [3.8, 4) is 113 Å². The van der Waals surface area contributed by atoms with Crippen molar-refractivity contribution >= 4 is 43.6 Å². The summed E-state index contributed by atoms with van der Waals surface area (Å²) in [5, 5.41) is 26.0. The number of rotatable bonds is 10. The molecular weight excluding hydrogens is 1020 g/mol. The molecule has 0 N–H and O–H groups in total. The van der Waals surface area contributed by atoms with E-state index in [1.807, 2.05) is 91.0 Å². The first-order valence-electron chi connectivity index (χ1n) is 27.9. The van der Waals surface area contributed by atoms with Crippen molar-refractivity contribution in [2.45, 2.75) is 0 Å². The predicted molar refractivity (Wildman–Crippen MR) is 341 cm³/mol. The van der Waals surface area contributed by atoms with E-state index in [1.54, 1.807) is 0 Å². The molecule has 15 rings (SSSR count). The van der Waals surface area contributed by atoms with Crippen molar-refractivity contribution in [2.75, 3.05) is 0 Å². The van der Waals surface area contributed by atoms with Crippen molar-refractivity contribution in [3.63, 3.8) is 0 Å². The average Bonchev–Trinajstić information content (AvgIpc) is 3.77. The summed E-state index contributed by atoms with van der Waals surface area (Å²) in [5.74, 6) is 1.16. The highest BCUT2D eigenvalue weighted by Crippen LogP contribution is 2.45. The number of benzene rings is 12. The smallest absolute Gasteiger partial charge is 0.167 e. The molecule has 3 aromatic heterocycles. The molecule has 12 aromatic carbocycles. The zero-order chi connectivity index (χ0) is 56.1. The maximum atomic E-state index is 11.4. The summed E-state index contributed by atoms with van der Waals surface area (Å²) in [6.07, 6.45) is 0. The molecule has 7 nitrogen and oxygen atoms in total. The van der Waals surface area contributed by atoms with Crippen LogP contribution in [0.4, 0.5) is 0 Å². The first kappa shape index (κ1) is 49.3. The Morgan fingerprint density at radius 2 is 0.619 bits per heavy atom. The summed E-state index contributed by atoms with van der Waals surface area (Å²) < 4.78 is 4.58. The lowest BCUT2D eigenvalue weighted by atomic mass is 9.95. The predicted octanol–water partition coefficient (Wildman–Crippen LogP) is 19.1. The largest absolute Gasteiger partial charge is 0.308 e. The molecule has 0 aliphatic carbocycles. The van der Waals surface area contributed by atoms with Crippen LogP contribution >= 0.6 is 0 Å². The van der Waals surface area contributed by atoms with Crippen LogP contribution in [0.2, 0.25) is 0 Å². The molecule has 0 saturated heterocycles. The minimum atomic E-state index is 0.330. The molecule has 0 unspecified atom stereocenters. The van der Waals surface area contributed by atoms with E-state index in [4.69, 9.17) is 15.0 Å². The second-order valence-electron chi connectivity index (χ2n) is 20.9. The van der Waals surface area contributed by atoms with Crippen LogP contribution in [0.1, 0.15) is 11.1 Å². The van der Waals surface area contributed by atoms with Crippen molar-refractivity contribution in [1.29, 1.82) is 10.5 Å². The second-order valence-corrected chi connectivity index (χ2v) is 20.9. The van der Waals surface area contributed by atoms with Crippen LogP contribution in [-0.2, 0) is 0 Å². The standard InChI is InChI=1S/C77H47N7/c78-48-50-19-16-30-60(43-50)62-32-18-34-72(84-69-41-37-58(53-24-10-3-11-25-53)46-65(69)66-47-59(38-42-70(66)84)54-26-12-4-13-27-54)74(62)77-81-75(55-28-14-5-15-29-55)80-76(82-77)73-61(49-79)31-17-33-71(73)83-67-39-35-56(51-20-6-1-7-21-51)44-63(67)64-45-57(36-40-68(64)83)52-22-8-2-9-23-52/h1-47H. The van der Waals surface area contributed by atoms with E-state index in [9.17, 15) is 10.5 Å². The van der Waals surface area contributed by atoms with E-state index in [1.165, 1.54) is 0 Å². The Hall–Kier alpha value is -11.8. The van der Waals surface area contributed by atoms with Gasteiger partial charge in [-0.15, -0.1) is 0 Å². The quantitative estimate of drug-likeness (QED) is 0.136. The molecule has 0 radical (unpaired) electrons. The Morgan fingerprint density at radius 1 is 0.262 bits per heavy atom. The average molecular weight is 1070 g/mol. The maximum absolute atomic E-state index is 11.4. The van der Waals surface area contributed by atoms with Crippen LogP contribution in [0.5, 0.6) is 0 Å². The minimum absolute atomic E-state index is 0.330. The zero-order valence-electron chi connectivity index (χ0n) is 45.3. The van der Waals surface area contributed by atoms with Gasteiger partial charge in [0.15, 0.2) is 17.5 Å². The normalized spacial score (nSPS) is 11.3. The third-order valence-electron chi connectivity index (χ3n) is 16.1. The van der Waals surface area contributed by atoms with E-state index in [0.717, 1.165) is 122 Å². The Balaban J connectivity index is 1.02. The summed E-state index contributed by atoms with van der Waals surface area (Å²) in [4.78, 5) is 16.6. The van der Waals surface area contributed by atoms with Gasteiger partial charge < -0.3 is 9.13 Å². The van der Waals surface area contributed by atoms with Gasteiger partial charge in [-0.2, -0.15) is 10.5 Å². The Kier molecular flexibility index (Phi) is 12.2. The maximum Gasteiger partial charge on any atom is 0.167 e. The summed E-state index contributed by atoms with van der Waals surface area (Å²) >= 11 is 0. The fraction of sp³-hybridized carbons (Fsp3) is 0. The van der Waals surface area contributed by atoms with E-state index < -0.39 is 0 Å². The first-order chi connectivity index (χ1) is 41.6. The van der Waals surface area contributed by atoms with Crippen LogP contribution in [0.15, 0.2) is 285 Å². The third-order valence-corrected chi connectivity index (χ3v) is 16.1. The highest BCUT2D eigenvalue weighted by atomic mass is 15.1. The van der Waals surface area contributed by atoms with Crippen molar-refractivity contribution in [3.05, 3.63) is 296 Å². The molecular formula is C77H47N7. The molecule has 0 spiro atoms. The topological polar surface area (TPSA) is 96.1 Å². The van der Waals surface area contributed by atoms with E-state index >= 15 is 0 Å². The number of hydrogen-bond donors (Lipinski definition) is 0. The fourth-order valence-corrected chi connectivity index (χ4v) is 12.1. The van der Waals surface area contributed by atoms with Gasteiger partial charge in [0.2, 0.25) is 0 Å². The molecule has 0 saturated carbocycles.